The SMILES string of the molecule is Cc1cccc(C(=O)Nc2ccc(O)c(C(=O)O)c2)c1O. The lowest BCUT2D eigenvalue weighted by Gasteiger charge is -2.09. The first-order valence-electron chi connectivity index (χ1n) is 6.06. The zero-order valence-corrected chi connectivity index (χ0v) is 11.1. The Balaban J connectivity index is 2.30. The number of carboxylic acid groups (broad SMARTS) is 1. The number of phenols is 2. The van der Waals surface area contributed by atoms with Crippen LogP contribution in [0.1, 0.15) is 26.3 Å². The monoisotopic (exact) mass is 287 g/mol. The van der Waals surface area contributed by atoms with Gasteiger partial charge < -0.3 is 20.6 Å². The number of phenolic OH excluding ortho intramolecular Hbond substituents is 1. The summed E-state index contributed by atoms with van der Waals surface area (Å²) in [6.07, 6.45) is 0. The highest BCUT2D eigenvalue weighted by Gasteiger charge is 2.15. The lowest BCUT2D eigenvalue weighted by atomic mass is 10.1. The van der Waals surface area contributed by atoms with Crippen LogP contribution in [-0.2, 0) is 0 Å². The van der Waals surface area contributed by atoms with Crippen molar-refractivity contribution in [2.24, 2.45) is 0 Å². The van der Waals surface area contributed by atoms with E-state index in [9.17, 15) is 19.8 Å². The van der Waals surface area contributed by atoms with Crippen molar-refractivity contribution in [3.05, 3.63) is 53.1 Å². The third kappa shape index (κ3) is 2.94. The molecular weight excluding hydrogens is 274 g/mol. The molecule has 0 aromatic heterocycles. The molecule has 0 bridgehead atoms. The molecule has 6 heteroatoms. The van der Waals surface area contributed by atoms with Crippen LogP contribution < -0.4 is 5.32 Å². The number of aromatic carboxylic acids is 1. The van der Waals surface area contributed by atoms with E-state index in [2.05, 4.69) is 5.32 Å². The summed E-state index contributed by atoms with van der Waals surface area (Å²) in [4.78, 5) is 23.0. The number of carbonyl (C=O) groups is 2. The standard InChI is InChI=1S/C15H13NO5/c1-8-3-2-4-10(13(8)18)14(19)16-9-5-6-12(17)11(7-9)15(20)21/h2-7,17-18H,1H3,(H,16,19)(H,20,21). The minimum Gasteiger partial charge on any atom is -0.507 e. The van der Waals surface area contributed by atoms with Crippen molar-refractivity contribution in [3.63, 3.8) is 0 Å². The normalized spacial score (nSPS) is 10.1. The molecule has 2 aromatic rings. The summed E-state index contributed by atoms with van der Waals surface area (Å²) >= 11 is 0. The van der Waals surface area contributed by atoms with Gasteiger partial charge >= 0.3 is 5.97 Å². The molecule has 2 rings (SSSR count). The summed E-state index contributed by atoms with van der Waals surface area (Å²) in [6.45, 7) is 1.66. The first-order chi connectivity index (χ1) is 9.90. The molecule has 1 amide bonds. The average Bonchev–Trinajstić information content (AvgIpc) is 2.43. The summed E-state index contributed by atoms with van der Waals surface area (Å²) in [6, 6.07) is 8.43. The minimum absolute atomic E-state index is 0.0833. The van der Waals surface area contributed by atoms with Gasteiger partial charge in [-0.3, -0.25) is 4.79 Å². The van der Waals surface area contributed by atoms with Crippen molar-refractivity contribution in [1.29, 1.82) is 0 Å². The maximum atomic E-state index is 12.1. The molecule has 0 saturated heterocycles. The summed E-state index contributed by atoms with van der Waals surface area (Å²) in [5, 5.41) is 30.6. The highest BCUT2D eigenvalue weighted by atomic mass is 16.4. The van der Waals surface area contributed by atoms with E-state index in [4.69, 9.17) is 5.11 Å². The van der Waals surface area contributed by atoms with Crippen LogP contribution >= 0.6 is 0 Å². The van der Waals surface area contributed by atoms with Gasteiger partial charge in [0, 0.05) is 5.69 Å². The third-order valence-electron chi connectivity index (χ3n) is 2.97. The number of carbonyl (C=O) groups excluding carboxylic acids is 1. The summed E-state index contributed by atoms with van der Waals surface area (Å²) in [5.41, 5.74) is 0.525. The van der Waals surface area contributed by atoms with Crippen LogP contribution in [0.25, 0.3) is 0 Å². The van der Waals surface area contributed by atoms with Gasteiger partial charge in [-0.15, -0.1) is 0 Å². The topological polar surface area (TPSA) is 107 Å². The summed E-state index contributed by atoms with van der Waals surface area (Å²) in [7, 11) is 0. The molecule has 21 heavy (non-hydrogen) atoms. The van der Waals surface area contributed by atoms with Crippen molar-refractivity contribution in [2.75, 3.05) is 5.32 Å². The van der Waals surface area contributed by atoms with Gasteiger partial charge in [-0.2, -0.15) is 0 Å². The summed E-state index contributed by atoms with van der Waals surface area (Å²) in [5.74, 6) is -2.40. The van der Waals surface area contributed by atoms with Crippen molar-refractivity contribution >= 4 is 17.6 Å². The smallest absolute Gasteiger partial charge is 0.339 e. The quantitative estimate of drug-likeness (QED) is 0.648. The minimum atomic E-state index is -1.30. The highest BCUT2D eigenvalue weighted by Crippen LogP contribution is 2.25. The molecule has 0 saturated carbocycles. The largest absolute Gasteiger partial charge is 0.507 e. The Morgan fingerprint density at radius 3 is 2.43 bits per heavy atom. The zero-order valence-electron chi connectivity index (χ0n) is 11.1. The van der Waals surface area contributed by atoms with E-state index in [0.29, 0.717) is 5.56 Å². The van der Waals surface area contributed by atoms with Crippen molar-refractivity contribution in [2.45, 2.75) is 6.92 Å². The van der Waals surface area contributed by atoms with Crippen molar-refractivity contribution < 1.29 is 24.9 Å². The second kappa shape index (κ2) is 5.54. The Kier molecular flexibility index (Phi) is 3.80. The molecule has 6 nitrogen and oxygen atoms in total. The Hall–Kier alpha value is -3.02. The van der Waals surface area contributed by atoms with E-state index in [1.165, 1.54) is 18.2 Å². The number of nitrogens with one attached hydrogen (secondary N) is 1. The first kappa shape index (κ1) is 14.4. The molecule has 0 spiro atoms. The predicted octanol–water partition coefficient (Wildman–Crippen LogP) is 2.36. The van der Waals surface area contributed by atoms with Gasteiger partial charge in [0.2, 0.25) is 0 Å². The van der Waals surface area contributed by atoms with Crippen LogP contribution in [0.3, 0.4) is 0 Å². The lowest BCUT2D eigenvalue weighted by molar-refractivity contribution is 0.0693. The Labute approximate surface area is 120 Å². The first-order valence-corrected chi connectivity index (χ1v) is 6.06. The molecule has 108 valence electrons. The van der Waals surface area contributed by atoms with Crippen LogP contribution in [0.2, 0.25) is 0 Å². The van der Waals surface area contributed by atoms with Gasteiger partial charge in [0.05, 0.1) is 5.56 Å². The van der Waals surface area contributed by atoms with E-state index in [1.807, 2.05) is 0 Å². The molecular formula is C15H13NO5. The molecule has 0 atom stereocenters. The van der Waals surface area contributed by atoms with Crippen molar-refractivity contribution in [1.82, 2.24) is 0 Å². The number of rotatable bonds is 3. The number of aromatic hydroxyl groups is 2. The maximum absolute atomic E-state index is 12.1. The van der Waals surface area contributed by atoms with Crippen LogP contribution in [0.15, 0.2) is 36.4 Å². The average molecular weight is 287 g/mol. The molecule has 0 unspecified atom stereocenters. The highest BCUT2D eigenvalue weighted by molar-refractivity contribution is 6.07. The van der Waals surface area contributed by atoms with Crippen LogP contribution in [-0.4, -0.2) is 27.2 Å². The fourth-order valence-electron chi connectivity index (χ4n) is 1.83. The molecule has 0 radical (unpaired) electrons. The Bertz CT molecular complexity index is 724. The molecule has 0 aliphatic rings. The molecule has 0 heterocycles. The van der Waals surface area contributed by atoms with E-state index in [1.54, 1.807) is 19.1 Å². The van der Waals surface area contributed by atoms with E-state index in [-0.39, 0.29) is 28.3 Å². The van der Waals surface area contributed by atoms with E-state index >= 15 is 0 Å². The van der Waals surface area contributed by atoms with Gasteiger partial charge in [0.1, 0.15) is 17.1 Å². The molecule has 0 aliphatic heterocycles. The number of hydrogen-bond acceptors (Lipinski definition) is 4. The molecule has 2 aromatic carbocycles. The summed E-state index contributed by atoms with van der Waals surface area (Å²) < 4.78 is 0. The molecule has 0 aliphatic carbocycles. The van der Waals surface area contributed by atoms with Gasteiger partial charge in [0.15, 0.2) is 0 Å². The number of benzene rings is 2. The van der Waals surface area contributed by atoms with Crippen LogP contribution in [0, 0.1) is 6.92 Å². The molecule has 4 N–H and O–H groups in total. The van der Waals surface area contributed by atoms with Crippen LogP contribution in [0.5, 0.6) is 11.5 Å². The van der Waals surface area contributed by atoms with Gasteiger partial charge in [-0.1, -0.05) is 12.1 Å². The number of aryl methyl sites for hydroxylation is 1. The lowest BCUT2D eigenvalue weighted by Crippen LogP contribution is -2.13. The van der Waals surface area contributed by atoms with Gasteiger partial charge in [0.25, 0.3) is 5.91 Å². The number of carboxylic acids is 1. The maximum Gasteiger partial charge on any atom is 0.339 e. The third-order valence-corrected chi connectivity index (χ3v) is 2.97. The Morgan fingerprint density at radius 1 is 1.05 bits per heavy atom. The number of hydrogen-bond donors (Lipinski definition) is 4. The fourth-order valence-corrected chi connectivity index (χ4v) is 1.83. The second-order valence-corrected chi connectivity index (χ2v) is 4.46. The van der Waals surface area contributed by atoms with Crippen LogP contribution in [0.4, 0.5) is 5.69 Å². The van der Waals surface area contributed by atoms with E-state index in [0.717, 1.165) is 6.07 Å². The van der Waals surface area contributed by atoms with Crippen molar-refractivity contribution in [3.8, 4) is 11.5 Å². The van der Waals surface area contributed by atoms with E-state index < -0.39 is 11.9 Å². The second-order valence-electron chi connectivity index (χ2n) is 4.46. The Morgan fingerprint density at radius 2 is 1.76 bits per heavy atom. The fraction of sp³-hybridized carbons (Fsp3) is 0.0667. The number of amides is 1. The number of para-hydroxylation sites is 1. The molecule has 0 fully saturated rings. The van der Waals surface area contributed by atoms with Gasteiger partial charge in [-0.25, -0.2) is 4.79 Å². The zero-order chi connectivity index (χ0) is 15.6. The predicted molar refractivity (Wildman–Crippen MR) is 75.9 cm³/mol. The number of anilines is 1. The van der Waals surface area contributed by atoms with Gasteiger partial charge in [-0.05, 0) is 36.8 Å².